The zero-order valence-corrected chi connectivity index (χ0v) is 13.8. The highest BCUT2D eigenvalue weighted by molar-refractivity contribution is 5.92. The second kappa shape index (κ2) is 7.08. The molecule has 0 spiro atoms. The number of likely N-dealkylation sites (tertiary alicyclic amines) is 1. The first kappa shape index (κ1) is 16.0. The molecule has 1 aliphatic heterocycles. The topological polar surface area (TPSA) is 33.5 Å². The van der Waals surface area contributed by atoms with Gasteiger partial charge in [0.25, 0.3) is 5.91 Å². The number of piperidine rings is 1. The zero-order chi connectivity index (χ0) is 15.4. The average Bonchev–Trinajstić information content (AvgIpc) is 2.37. The highest BCUT2D eigenvalue weighted by Gasteiger charge is 2.26. The van der Waals surface area contributed by atoms with Gasteiger partial charge >= 0.3 is 0 Å². The van der Waals surface area contributed by atoms with Gasteiger partial charge in [0.1, 0.15) is 0 Å². The molecule has 0 saturated carbocycles. The van der Waals surface area contributed by atoms with Crippen LogP contribution >= 0.6 is 0 Å². The Morgan fingerprint density at radius 2 is 1.86 bits per heavy atom. The number of hydrogen-bond acceptors (Lipinski definition) is 1. The van der Waals surface area contributed by atoms with Gasteiger partial charge in [-0.2, -0.15) is 0 Å². The Kier molecular flexibility index (Phi) is 5.40. The summed E-state index contributed by atoms with van der Waals surface area (Å²) in [5, 5.41) is 3.11. The zero-order valence-electron chi connectivity index (χ0n) is 13.8. The largest absolute Gasteiger partial charge is 0.327 e. The van der Waals surface area contributed by atoms with Crippen molar-refractivity contribution >= 4 is 11.6 Å². The minimum Gasteiger partial charge on any atom is -0.327 e. The van der Waals surface area contributed by atoms with Gasteiger partial charge in [-0.1, -0.05) is 45.9 Å². The van der Waals surface area contributed by atoms with E-state index in [1.807, 2.05) is 18.2 Å². The number of carbonyl (C=O) groups is 1. The lowest BCUT2D eigenvalue weighted by Gasteiger charge is -2.31. The van der Waals surface area contributed by atoms with E-state index in [-0.39, 0.29) is 5.91 Å². The summed E-state index contributed by atoms with van der Waals surface area (Å²) < 4.78 is 0. The molecule has 1 aromatic rings. The normalized spacial score (nSPS) is 25.9. The standard InChI is InChI=1S/C18H28N2O/c1-13(2)16-7-5-6-8-17(16)19-18(21)12-20-10-14(3)9-15(4)11-20/h5-8,13-15H,9-12H2,1-4H3,(H,19,21)/p+1/t14-,15-/m0/s1. The lowest BCUT2D eigenvalue weighted by molar-refractivity contribution is -0.904. The van der Waals surface area contributed by atoms with E-state index in [9.17, 15) is 4.79 Å². The highest BCUT2D eigenvalue weighted by Crippen LogP contribution is 2.23. The third-order valence-corrected chi connectivity index (χ3v) is 4.35. The van der Waals surface area contributed by atoms with E-state index in [1.165, 1.54) is 16.9 Å². The molecule has 2 rings (SSSR count). The van der Waals surface area contributed by atoms with Crippen molar-refractivity contribution in [3.05, 3.63) is 29.8 Å². The second-order valence-electron chi connectivity index (χ2n) is 7.07. The smallest absolute Gasteiger partial charge is 0.279 e. The van der Waals surface area contributed by atoms with E-state index in [4.69, 9.17) is 0 Å². The Balaban J connectivity index is 1.96. The Hall–Kier alpha value is -1.35. The third kappa shape index (κ3) is 4.57. The van der Waals surface area contributed by atoms with Crippen molar-refractivity contribution in [3.63, 3.8) is 0 Å². The van der Waals surface area contributed by atoms with Gasteiger partial charge in [0.15, 0.2) is 6.54 Å². The summed E-state index contributed by atoms with van der Waals surface area (Å²) in [5.41, 5.74) is 2.18. The van der Waals surface area contributed by atoms with Crippen molar-refractivity contribution in [1.29, 1.82) is 0 Å². The van der Waals surface area contributed by atoms with E-state index >= 15 is 0 Å². The van der Waals surface area contributed by atoms with Crippen LogP contribution in [0.2, 0.25) is 0 Å². The number of rotatable bonds is 4. The van der Waals surface area contributed by atoms with Crippen LogP contribution in [0.4, 0.5) is 5.69 Å². The molecule has 0 aromatic heterocycles. The molecule has 0 unspecified atom stereocenters. The monoisotopic (exact) mass is 289 g/mol. The van der Waals surface area contributed by atoms with E-state index < -0.39 is 0 Å². The van der Waals surface area contributed by atoms with Gasteiger partial charge in [0, 0.05) is 17.5 Å². The highest BCUT2D eigenvalue weighted by atomic mass is 16.2. The van der Waals surface area contributed by atoms with Crippen molar-refractivity contribution in [2.45, 2.75) is 40.0 Å². The van der Waals surface area contributed by atoms with E-state index in [2.05, 4.69) is 39.1 Å². The lowest BCUT2D eigenvalue weighted by Crippen LogP contribution is -3.15. The number of nitrogens with one attached hydrogen (secondary N) is 2. The Bertz CT molecular complexity index is 474. The van der Waals surface area contributed by atoms with Crippen LogP contribution < -0.4 is 10.2 Å². The van der Waals surface area contributed by atoms with Crippen molar-refractivity contribution in [1.82, 2.24) is 0 Å². The van der Waals surface area contributed by atoms with Crippen LogP contribution in [0.25, 0.3) is 0 Å². The maximum atomic E-state index is 12.3. The fraction of sp³-hybridized carbons (Fsp3) is 0.611. The third-order valence-electron chi connectivity index (χ3n) is 4.35. The quantitative estimate of drug-likeness (QED) is 0.876. The van der Waals surface area contributed by atoms with Crippen LogP contribution in [0.15, 0.2) is 24.3 Å². The molecule has 1 heterocycles. The number of quaternary nitrogens is 1. The molecule has 116 valence electrons. The van der Waals surface area contributed by atoms with E-state index in [0.717, 1.165) is 30.6 Å². The van der Waals surface area contributed by atoms with Gasteiger partial charge in [-0.15, -0.1) is 0 Å². The Morgan fingerprint density at radius 1 is 1.24 bits per heavy atom. The number of benzene rings is 1. The molecule has 0 radical (unpaired) electrons. The van der Waals surface area contributed by atoms with Gasteiger partial charge in [-0.3, -0.25) is 4.79 Å². The summed E-state index contributed by atoms with van der Waals surface area (Å²) in [6, 6.07) is 8.12. The Labute approximate surface area is 128 Å². The molecule has 3 nitrogen and oxygen atoms in total. The summed E-state index contributed by atoms with van der Waals surface area (Å²) in [6.07, 6.45) is 1.29. The van der Waals surface area contributed by atoms with Gasteiger partial charge in [0.2, 0.25) is 0 Å². The molecule has 3 heteroatoms. The van der Waals surface area contributed by atoms with Gasteiger partial charge in [0.05, 0.1) is 13.1 Å². The van der Waals surface area contributed by atoms with Crippen molar-refractivity contribution in [2.24, 2.45) is 11.8 Å². The minimum absolute atomic E-state index is 0.138. The molecule has 2 N–H and O–H groups in total. The summed E-state index contributed by atoms with van der Waals surface area (Å²) in [7, 11) is 0. The molecule has 0 aliphatic carbocycles. The molecule has 1 saturated heterocycles. The van der Waals surface area contributed by atoms with Crippen molar-refractivity contribution in [3.8, 4) is 0 Å². The number of para-hydroxylation sites is 1. The number of amides is 1. The maximum Gasteiger partial charge on any atom is 0.279 e. The molecule has 2 atom stereocenters. The summed E-state index contributed by atoms with van der Waals surface area (Å²) in [4.78, 5) is 13.8. The second-order valence-corrected chi connectivity index (χ2v) is 7.07. The Morgan fingerprint density at radius 3 is 2.48 bits per heavy atom. The number of carbonyl (C=O) groups excluding carboxylic acids is 1. The molecular weight excluding hydrogens is 260 g/mol. The van der Waals surface area contributed by atoms with E-state index in [1.54, 1.807) is 0 Å². The molecule has 1 amide bonds. The van der Waals surface area contributed by atoms with Crippen molar-refractivity contribution < 1.29 is 9.69 Å². The fourth-order valence-corrected chi connectivity index (χ4v) is 3.60. The van der Waals surface area contributed by atoms with Crippen LogP contribution in [0.5, 0.6) is 0 Å². The average molecular weight is 289 g/mol. The molecule has 21 heavy (non-hydrogen) atoms. The number of hydrogen-bond donors (Lipinski definition) is 2. The van der Waals surface area contributed by atoms with Gasteiger partial charge < -0.3 is 10.2 Å². The number of anilines is 1. The predicted octanol–water partition coefficient (Wildman–Crippen LogP) is 2.31. The van der Waals surface area contributed by atoms with Gasteiger partial charge in [-0.05, 0) is 24.0 Å². The summed E-state index contributed by atoms with van der Waals surface area (Å²) in [5.74, 6) is 2.00. The first-order valence-corrected chi connectivity index (χ1v) is 8.18. The van der Waals surface area contributed by atoms with E-state index in [0.29, 0.717) is 12.5 Å². The predicted molar refractivity (Wildman–Crippen MR) is 87.7 cm³/mol. The summed E-state index contributed by atoms with van der Waals surface area (Å²) in [6.45, 7) is 11.7. The lowest BCUT2D eigenvalue weighted by atomic mass is 9.92. The molecule has 0 bridgehead atoms. The van der Waals surface area contributed by atoms with Crippen LogP contribution in [0, 0.1) is 11.8 Å². The van der Waals surface area contributed by atoms with Crippen LogP contribution in [0.1, 0.15) is 45.6 Å². The molecule has 1 aliphatic rings. The molecule has 1 fully saturated rings. The molecular formula is C18H29N2O+. The molecule has 1 aromatic carbocycles. The van der Waals surface area contributed by atoms with Gasteiger partial charge in [-0.25, -0.2) is 0 Å². The maximum absolute atomic E-state index is 12.3. The van der Waals surface area contributed by atoms with Crippen LogP contribution in [-0.2, 0) is 4.79 Å². The van der Waals surface area contributed by atoms with Crippen molar-refractivity contribution in [2.75, 3.05) is 25.0 Å². The first-order chi connectivity index (χ1) is 9.95. The summed E-state index contributed by atoms with van der Waals surface area (Å²) >= 11 is 0. The first-order valence-electron chi connectivity index (χ1n) is 8.18. The fourth-order valence-electron chi connectivity index (χ4n) is 3.60. The minimum atomic E-state index is 0.138. The SMILES string of the molecule is CC(C)c1ccccc1NC(=O)C[NH+]1C[C@@H](C)C[C@H](C)C1. The van der Waals surface area contributed by atoms with Crippen LogP contribution in [-0.4, -0.2) is 25.5 Å². The van der Waals surface area contributed by atoms with Crippen LogP contribution in [0.3, 0.4) is 0 Å².